The van der Waals surface area contributed by atoms with Crippen LogP contribution in [-0.4, -0.2) is 12.5 Å². The smallest absolute Gasteiger partial charge is 0.260 e. The maximum Gasteiger partial charge on any atom is 0.260 e. The van der Waals surface area contributed by atoms with Crippen molar-refractivity contribution < 1.29 is 4.79 Å². The van der Waals surface area contributed by atoms with E-state index in [1.807, 2.05) is 54.3 Å². The SMILES string of the molecule is CCN(C(=O)c1cccc2c1NC(c1c(C)cc(C)cc1C)C1CC=CC21)c1ccccc1. The number of allylic oxidation sites excluding steroid dienone is 2. The summed E-state index contributed by atoms with van der Waals surface area (Å²) < 4.78 is 0. The summed E-state index contributed by atoms with van der Waals surface area (Å²) in [4.78, 5) is 15.7. The Morgan fingerprint density at radius 1 is 1.00 bits per heavy atom. The zero-order chi connectivity index (χ0) is 23.1. The van der Waals surface area contributed by atoms with E-state index in [0.29, 0.717) is 18.4 Å². The number of carbonyl (C=O) groups is 1. The van der Waals surface area contributed by atoms with Crippen LogP contribution in [-0.2, 0) is 0 Å². The number of fused-ring (bicyclic) bond motifs is 3. The number of para-hydroxylation sites is 2. The highest BCUT2D eigenvalue weighted by atomic mass is 16.2. The van der Waals surface area contributed by atoms with Gasteiger partial charge < -0.3 is 10.2 Å². The summed E-state index contributed by atoms with van der Waals surface area (Å²) in [5.41, 5.74) is 9.23. The van der Waals surface area contributed by atoms with Gasteiger partial charge in [-0.15, -0.1) is 0 Å². The second-order valence-electron chi connectivity index (χ2n) is 9.44. The van der Waals surface area contributed by atoms with Gasteiger partial charge in [-0.1, -0.05) is 60.2 Å². The van der Waals surface area contributed by atoms with E-state index >= 15 is 0 Å². The number of hydrogen-bond donors (Lipinski definition) is 1. The lowest BCUT2D eigenvalue weighted by atomic mass is 9.74. The Morgan fingerprint density at radius 3 is 2.42 bits per heavy atom. The minimum Gasteiger partial charge on any atom is -0.377 e. The lowest BCUT2D eigenvalue weighted by Gasteiger charge is -2.40. The molecule has 3 heteroatoms. The molecule has 3 unspecified atom stereocenters. The van der Waals surface area contributed by atoms with E-state index in [2.05, 4.69) is 56.4 Å². The first-order chi connectivity index (χ1) is 16.0. The van der Waals surface area contributed by atoms with Gasteiger partial charge in [-0.2, -0.15) is 0 Å². The Labute approximate surface area is 197 Å². The third-order valence-corrected chi connectivity index (χ3v) is 7.31. The van der Waals surface area contributed by atoms with Crippen molar-refractivity contribution in [1.29, 1.82) is 0 Å². The fraction of sp³-hybridized carbons (Fsp3) is 0.300. The third kappa shape index (κ3) is 3.66. The van der Waals surface area contributed by atoms with Crippen molar-refractivity contribution in [3.63, 3.8) is 0 Å². The van der Waals surface area contributed by atoms with Crippen LogP contribution in [0.1, 0.15) is 63.5 Å². The number of anilines is 2. The molecule has 0 bridgehead atoms. The third-order valence-electron chi connectivity index (χ3n) is 7.31. The summed E-state index contributed by atoms with van der Waals surface area (Å²) in [7, 11) is 0. The van der Waals surface area contributed by atoms with Gasteiger partial charge in [0.2, 0.25) is 0 Å². The molecule has 0 saturated carbocycles. The van der Waals surface area contributed by atoms with Gasteiger partial charge >= 0.3 is 0 Å². The van der Waals surface area contributed by atoms with Crippen LogP contribution in [0, 0.1) is 26.7 Å². The van der Waals surface area contributed by atoms with Crippen LogP contribution in [0.5, 0.6) is 0 Å². The number of benzene rings is 3. The standard InChI is InChI=1S/C30H32N2O/c1-5-32(22-11-7-6-8-12-22)30(33)26-16-10-14-24-23-13-9-15-25(23)29(31-28(24)26)27-20(3)17-19(2)18-21(27)4/h6-14,16-18,23,25,29,31H,5,15H2,1-4H3. The normalized spacial score (nSPS) is 20.7. The molecule has 5 rings (SSSR count). The molecule has 0 radical (unpaired) electrons. The highest BCUT2D eigenvalue weighted by Gasteiger charge is 2.40. The van der Waals surface area contributed by atoms with Gasteiger partial charge in [0.05, 0.1) is 17.3 Å². The van der Waals surface area contributed by atoms with Crippen molar-refractivity contribution in [3.05, 3.63) is 106 Å². The summed E-state index contributed by atoms with van der Waals surface area (Å²) in [6.07, 6.45) is 5.71. The molecule has 1 N–H and O–H groups in total. The van der Waals surface area contributed by atoms with Crippen molar-refractivity contribution in [2.75, 3.05) is 16.8 Å². The Morgan fingerprint density at radius 2 is 1.73 bits per heavy atom. The second-order valence-corrected chi connectivity index (χ2v) is 9.44. The summed E-state index contributed by atoms with van der Waals surface area (Å²) in [6.45, 7) is 9.25. The van der Waals surface area contributed by atoms with Crippen molar-refractivity contribution in [1.82, 2.24) is 0 Å². The number of amides is 1. The molecule has 3 aromatic carbocycles. The van der Waals surface area contributed by atoms with Gasteiger partial charge in [0.15, 0.2) is 0 Å². The molecule has 3 nitrogen and oxygen atoms in total. The summed E-state index contributed by atoms with van der Waals surface area (Å²) in [5, 5.41) is 3.88. The van der Waals surface area contributed by atoms with E-state index in [4.69, 9.17) is 0 Å². The van der Waals surface area contributed by atoms with Crippen LogP contribution in [0.25, 0.3) is 0 Å². The monoisotopic (exact) mass is 436 g/mol. The molecule has 168 valence electrons. The number of nitrogens with zero attached hydrogens (tertiary/aromatic N) is 1. The molecule has 0 fully saturated rings. The largest absolute Gasteiger partial charge is 0.377 e. The molecule has 0 aromatic heterocycles. The van der Waals surface area contributed by atoms with E-state index in [0.717, 1.165) is 23.4 Å². The first-order valence-corrected chi connectivity index (χ1v) is 12.0. The molecular weight excluding hydrogens is 404 g/mol. The number of hydrogen-bond acceptors (Lipinski definition) is 2. The highest BCUT2D eigenvalue weighted by Crippen LogP contribution is 2.51. The minimum absolute atomic E-state index is 0.0459. The first-order valence-electron chi connectivity index (χ1n) is 12.0. The van der Waals surface area contributed by atoms with Gasteiger partial charge in [0.25, 0.3) is 5.91 Å². The summed E-state index contributed by atoms with van der Waals surface area (Å²) >= 11 is 0. The van der Waals surface area contributed by atoms with Crippen molar-refractivity contribution in [3.8, 4) is 0 Å². The van der Waals surface area contributed by atoms with Crippen molar-refractivity contribution in [2.24, 2.45) is 5.92 Å². The van der Waals surface area contributed by atoms with E-state index in [1.54, 1.807) is 0 Å². The number of rotatable bonds is 4. The topological polar surface area (TPSA) is 32.3 Å². The predicted molar refractivity (Wildman–Crippen MR) is 137 cm³/mol. The Balaban J connectivity index is 1.61. The zero-order valence-corrected chi connectivity index (χ0v) is 19.9. The fourth-order valence-corrected chi connectivity index (χ4v) is 5.96. The molecular formula is C30H32N2O. The Hall–Kier alpha value is -3.33. The quantitative estimate of drug-likeness (QED) is 0.442. The maximum absolute atomic E-state index is 13.8. The molecule has 0 spiro atoms. The lowest BCUT2D eigenvalue weighted by Crippen LogP contribution is -2.35. The molecule has 1 aliphatic heterocycles. The first kappa shape index (κ1) is 21.5. The van der Waals surface area contributed by atoms with Crippen LogP contribution in [0.3, 0.4) is 0 Å². The molecule has 3 atom stereocenters. The van der Waals surface area contributed by atoms with E-state index in [9.17, 15) is 4.79 Å². The van der Waals surface area contributed by atoms with Crippen LogP contribution >= 0.6 is 0 Å². The fourth-order valence-electron chi connectivity index (χ4n) is 5.96. The number of aryl methyl sites for hydroxylation is 3. The lowest BCUT2D eigenvalue weighted by molar-refractivity contribution is 0.0988. The molecule has 1 amide bonds. The Bertz CT molecular complexity index is 1200. The van der Waals surface area contributed by atoms with Crippen molar-refractivity contribution >= 4 is 17.3 Å². The molecule has 3 aromatic rings. The van der Waals surface area contributed by atoms with Crippen LogP contribution in [0.4, 0.5) is 11.4 Å². The Kier molecular flexibility index (Phi) is 5.57. The highest BCUT2D eigenvalue weighted by molar-refractivity contribution is 6.10. The van der Waals surface area contributed by atoms with E-state index < -0.39 is 0 Å². The van der Waals surface area contributed by atoms with Gasteiger partial charge in [-0.25, -0.2) is 0 Å². The van der Waals surface area contributed by atoms with E-state index in [-0.39, 0.29) is 11.9 Å². The average Bonchev–Trinajstić information content (AvgIpc) is 3.30. The van der Waals surface area contributed by atoms with Crippen LogP contribution in [0.15, 0.2) is 72.8 Å². The number of nitrogens with one attached hydrogen (secondary N) is 1. The molecule has 2 aliphatic rings. The predicted octanol–water partition coefficient (Wildman–Crippen LogP) is 7.11. The van der Waals surface area contributed by atoms with Gasteiger partial charge in [-0.3, -0.25) is 4.79 Å². The van der Waals surface area contributed by atoms with Gasteiger partial charge in [0.1, 0.15) is 0 Å². The van der Waals surface area contributed by atoms with Crippen molar-refractivity contribution in [2.45, 2.75) is 46.1 Å². The molecule has 1 heterocycles. The summed E-state index contributed by atoms with van der Waals surface area (Å²) in [6, 6.07) is 20.9. The zero-order valence-electron chi connectivity index (χ0n) is 19.9. The van der Waals surface area contributed by atoms with Gasteiger partial charge in [0, 0.05) is 18.2 Å². The second kappa shape index (κ2) is 8.55. The molecule has 1 aliphatic carbocycles. The van der Waals surface area contributed by atoms with Crippen LogP contribution in [0.2, 0.25) is 0 Å². The van der Waals surface area contributed by atoms with Gasteiger partial charge in [-0.05, 0) is 80.5 Å². The average molecular weight is 437 g/mol. The van der Waals surface area contributed by atoms with Crippen LogP contribution < -0.4 is 10.2 Å². The minimum atomic E-state index is 0.0459. The number of carbonyl (C=O) groups excluding carboxylic acids is 1. The summed E-state index contributed by atoms with van der Waals surface area (Å²) in [5.74, 6) is 0.829. The maximum atomic E-state index is 13.8. The molecule has 33 heavy (non-hydrogen) atoms. The molecule has 0 saturated heterocycles. The van der Waals surface area contributed by atoms with E-state index in [1.165, 1.54) is 27.8 Å².